The van der Waals surface area contributed by atoms with Crippen LogP contribution in [0.5, 0.6) is 5.75 Å². The second-order valence-corrected chi connectivity index (χ2v) is 7.02. The number of aromatic carboxylic acids is 1. The van der Waals surface area contributed by atoms with Crippen LogP contribution >= 0.6 is 24.0 Å². The van der Waals surface area contributed by atoms with E-state index in [9.17, 15) is 9.59 Å². The van der Waals surface area contributed by atoms with Gasteiger partial charge in [-0.1, -0.05) is 48.2 Å². The van der Waals surface area contributed by atoms with Crippen molar-refractivity contribution in [1.29, 1.82) is 0 Å². The molecule has 1 fully saturated rings. The topological polar surface area (TPSA) is 66.8 Å². The van der Waals surface area contributed by atoms with Gasteiger partial charge in [-0.15, -0.1) is 0 Å². The molecule has 1 amide bonds. The van der Waals surface area contributed by atoms with E-state index in [1.54, 1.807) is 18.2 Å². The Bertz CT molecular complexity index is 923. The minimum absolute atomic E-state index is 0.0993. The average Bonchev–Trinajstić information content (AvgIpc) is 2.90. The molecule has 0 spiro atoms. The van der Waals surface area contributed by atoms with Gasteiger partial charge in [-0.05, 0) is 37.3 Å². The van der Waals surface area contributed by atoms with Gasteiger partial charge in [-0.3, -0.25) is 9.69 Å². The Morgan fingerprint density at radius 1 is 1.27 bits per heavy atom. The summed E-state index contributed by atoms with van der Waals surface area (Å²) in [4.78, 5) is 25.8. The van der Waals surface area contributed by atoms with Crippen molar-refractivity contribution in [3.05, 3.63) is 64.6 Å². The van der Waals surface area contributed by atoms with Crippen LogP contribution in [0.3, 0.4) is 0 Å². The van der Waals surface area contributed by atoms with Gasteiger partial charge in [0, 0.05) is 5.56 Å². The Kier molecular flexibility index (Phi) is 5.39. The third-order valence-electron chi connectivity index (χ3n) is 3.65. The standard InChI is InChI=1S/C19H15NO4S2/c1-2-24-15-9-4-3-6-12(15)11-16-17(21)20(19(25)26-16)14-8-5-7-13(10-14)18(22)23/h3-11H,2H2,1H3,(H,22,23)/b16-11-. The van der Waals surface area contributed by atoms with Gasteiger partial charge in [0.2, 0.25) is 0 Å². The van der Waals surface area contributed by atoms with Gasteiger partial charge in [-0.2, -0.15) is 0 Å². The van der Waals surface area contributed by atoms with Crippen LogP contribution in [0.4, 0.5) is 5.69 Å². The molecule has 7 heteroatoms. The van der Waals surface area contributed by atoms with E-state index in [0.717, 1.165) is 5.56 Å². The van der Waals surface area contributed by atoms with E-state index in [0.29, 0.717) is 27.3 Å². The molecule has 2 aromatic carbocycles. The van der Waals surface area contributed by atoms with Crippen molar-refractivity contribution >= 4 is 51.9 Å². The number of carboxylic acid groups (broad SMARTS) is 1. The van der Waals surface area contributed by atoms with Crippen molar-refractivity contribution in [2.45, 2.75) is 6.92 Å². The van der Waals surface area contributed by atoms with E-state index < -0.39 is 5.97 Å². The lowest BCUT2D eigenvalue weighted by Gasteiger charge is -2.14. The van der Waals surface area contributed by atoms with Crippen molar-refractivity contribution in [3.8, 4) is 5.75 Å². The monoisotopic (exact) mass is 385 g/mol. The zero-order valence-corrected chi connectivity index (χ0v) is 15.5. The summed E-state index contributed by atoms with van der Waals surface area (Å²) in [6.07, 6.45) is 1.74. The Labute approximate surface area is 160 Å². The Hall–Kier alpha value is -2.64. The summed E-state index contributed by atoms with van der Waals surface area (Å²) in [6, 6.07) is 13.6. The third-order valence-corrected chi connectivity index (χ3v) is 4.95. The fourth-order valence-corrected chi connectivity index (χ4v) is 3.79. The quantitative estimate of drug-likeness (QED) is 0.615. The van der Waals surface area contributed by atoms with E-state index >= 15 is 0 Å². The lowest BCUT2D eigenvalue weighted by molar-refractivity contribution is -0.113. The van der Waals surface area contributed by atoms with Crippen molar-refractivity contribution < 1.29 is 19.4 Å². The summed E-state index contributed by atoms with van der Waals surface area (Å²) in [7, 11) is 0. The van der Waals surface area contributed by atoms with Crippen molar-refractivity contribution in [3.63, 3.8) is 0 Å². The van der Waals surface area contributed by atoms with Crippen molar-refractivity contribution in [1.82, 2.24) is 0 Å². The Morgan fingerprint density at radius 2 is 2.04 bits per heavy atom. The second-order valence-electron chi connectivity index (χ2n) is 5.34. The first-order valence-electron chi connectivity index (χ1n) is 7.84. The number of carbonyl (C=O) groups is 2. The van der Waals surface area contributed by atoms with Gasteiger partial charge in [-0.25, -0.2) is 4.79 Å². The number of nitrogens with zero attached hydrogens (tertiary/aromatic N) is 1. The molecule has 1 aliphatic heterocycles. The van der Waals surface area contributed by atoms with Crippen LogP contribution in [-0.2, 0) is 4.79 Å². The highest BCUT2D eigenvalue weighted by Gasteiger charge is 2.33. The molecule has 1 heterocycles. The number of hydrogen-bond donors (Lipinski definition) is 1. The lowest BCUT2D eigenvalue weighted by Crippen LogP contribution is -2.27. The summed E-state index contributed by atoms with van der Waals surface area (Å²) in [5.74, 6) is -0.652. The molecule has 26 heavy (non-hydrogen) atoms. The number of carboxylic acids is 1. The molecule has 0 atom stereocenters. The number of anilines is 1. The van der Waals surface area contributed by atoms with Crippen LogP contribution in [0.1, 0.15) is 22.8 Å². The fourth-order valence-electron chi connectivity index (χ4n) is 2.50. The van der Waals surface area contributed by atoms with Crippen LogP contribution in [0.25, 0.3) is 6.08 Å². The summed E-state index contributed by atoms with van der Waals surface area (Å²) in [5, 5.41) is 9.14. The Balaban J connectivity index is 1.95. The molecule has 5 nitrogen and oxygen atoms in total. The van der Waals surface area contributed by atoms with E-state index in [2.05, 4.69) is 0 Å². The molecular weight excluding hydrogens is 370 g/mol. The summed E-state index contributed by atoms with van der Waals surface area (Å²) < 4.78 is 5.95. The van der Waals surface area contributed by atoms with Gasteiger partial charge < -0.3 is 9.84 Å². The molecule has 3 rings (SSSR count). The van der Waals surface area contributed by atoms with Gasteiger partial charge in [0.25, 0.3) is 5.91 Å². The number of thiocarbonyl (C=S) groups is 1. The summed E-state index contributed by atoms with van der Waals surface area (Å²) >= 11 is 6.51. The molecule has 0 aliphatic carbocycles. The van der Waals surface area contributed by atoms with Gasteiger partial charge >= 0.3 is 5.97 Å². The highest BCUT2D eigenvalue weighted by molar-refractivity contribution is 8.27. The van der Waals surface area contributed by atoms with Crippen LogP contribution < -0.4 is 9.64 Å². The van der Waals surface area contributed by atoms with E-state index in [1.807, 2.05) is 31.2 Å². The molecule has 2 aromatic rings. The zero-order chi connectivity index (χ0) is 18.7. The van der Waals surface area contributed by atoms with Gasteiger partial charge in [0.1, 0.15) is 5.75 Å². The van der Waals surface area contributed by atoms with Crippen LogP contribution in [0.2, 0.25) is 0 Å². The molecule has 132 valence electrons. The highest BCUT2D eigenvalue weighted by Crippen LogP contribution is 2.37. The average molecular weight is 385 g/mol. The molecule has 0 saturated carbocycles. The van der Waals surface area contributed by atoms with Crippen molar-refractivity contribution in [2.75, 3.05) is 11.5 Å². The number of benzene rings is 2. The van der Waals surface area contributed by atoms with Crippen LogP contribution in [0.15, 0.2) is 53.4 Å². The molecular formula is C19H15NO4S2. The molecule has 1 saturated heterocycles. The molecule has 0 radical (unpaired) electrons. The molecule has 0 bridgehead atoms. The first kappa shape index (κ1) is 18.2. The predicted molar refractivity (Wildman–Crippen MR) is 107 cm³/mol. The minimum atomic E-state index is -1.06. The predicted octanol–water partition coefficient (Wildman–Crippen LogP) is 4.19. The van der Waals surface area contributed by atoms with Gasteiger partial charge in [0.15, 0.2) is 4.32 Å². The maximum atomic E-state index is 12.8. The number of para-hydroxylation sites is 1. The number of thioether (sulfide) groups is 1. The number of ether oxygens (including phenoxy) is 1. The normalized spacial score (nSPS) is 15.6. The fraction of sp³-hybridized carbons (Fsp3) is 0.105. The molecule has 0 aromatic heterocycles. The first-order chi connectivity index (χ1) is 12.5. The zero-order valence-electron chi connectivity index (χ0n) is 13.8. The SMILES string of the molecule is CCOc1ccccc1/C=C1\SC(=S)N(c2cccc(C(=O)O)c2)C1=O. The largest absolute Gasteiger partial charge is 0.493 e. The highest BCUT2D eigenvalue weighted by atomic mass is 32.2. The van der Waals surface area contributed by atoms with Crippen molar-refractivity contribution in [2.24, 2.45) is 0 Å². The van der Waals surface area contributed by atoms with E-state index in [4.69, 9.17) is 22.1 Å². The molecule has 1 aliphatic rings. The number of carbonyl (C=O) groups excluding carboxylic acids is 1. The third kappa shape index (κ3) is 3.63. The maximum absolute atomic E-state index is 12.8. The van der Waals surface area contributed by atoms with Gasteiger partial charge in [0.05, 0.1) is 22.8 Å². The second kappa shape index (κ2) is 7.72. The first-order valence-corrected chi connectivity index (χ1v) is 9.07. The van der Waals surface area contributed by atoms with Crippen LogP contribution in [0, 0.1) is 0 Å². The summed E-state index contributed by atoms with van der Waals surface area (Å²) in [6.45, 7) is 2.42. The van der Waals surface area contributed by atoms with E-state index in [-0.39, 0.29) is 11.5 Å². The summed E-state index contributed by atoms with van der Waals surface area (Å²) in [5.41, 5.74) is 1.32. The minimum Gasteiger partial charge on any atom is -0.493 e. The lowest BCUT2D eigenvalue weighted by atomic mass is 10.1. The number of amides is 1. The van der Waals surface area contributed by atoms with Crippen LogP contribution in [-0.4, -0.2) is 27.9 Å². The van der Waals surface area contributed by atoms with E-state index in [1.165, 1.54) is 28.8 Å². The smallest absolute Gasteiger partial charge is 0.335 e. The molecule has 0 unspecified atom stereocenters. The molecule has 1 N–H and O–H groups in total. The Morgan fingerprint density at radius 3 is 2.77 bits per heavy atom. The number of hydrogen-bond acceptors (Lipinski definition) is 5. The maximum Gasteiger partial charge on any atom is 0.335 e. The number of rotatable bonds is 5.